The Morgan fingerprint density at radius 3 is 2.32 bits per heavy atom. The number of anilines is 2. The minimum absolute atomic E-state index is 0. The first kappa shape index (κ1) is 21.5. The van der Waals surface area contributed by atoms with Crippen molar-refractivity contribution < 1.29 is 42.3 Å². The number of carbonyl (C=O) groups is 2. The number of hydrogen-bond acceptors (Lipinski definition) is 2. The van der Waals surface area contributed by atoms with E-state index in [2.05, 4.69) is 17.6 Å². The van der Waals surface area contributed by atoms with Gasteiger partial charge in [-0.05, 0) is 36.2 Å². The molecule has 0 unspecified atom stereocenters. The summed E-state index contributed by atoms with van der Waals surface area (Å²) >= 11 is 0. The van der Waals surface area contributed by atoms with Crippen LogP contribution in [0.25, 0.3) is 0 Å². The fourth-order valence-corrected chi connectivity index (χ4v) is 2.34. The molecule has 0 aliphatic rings. The number of nitrogens with one attached hydrogen (secondary N) is 2. The first-order chi connectivity index (χ1) is 11.6. The van der Waals surface area contributed by atoms with Gasteiger partial charge in [-0.2, -0.15) is 6.42 Å². The third kappa shape index (κ3) is 7.49. The van der Waals surface area contributed by atoms with Gasteiger partial charge in [0.1, 0.15) is 5.78 Å². The molecule has 0 saturated carbocycles. The van der Waals surface area contributed by atoms with Crippen molar-refractivity contribution in [3.63, 3.8) is 0 Å². The van der Waals surface area contributed by atoms with Crippen molar-refractivity contribution in [1.29, 1.82) is 0 Å². The largest absolute Gasteiger partial charge is 0.343 e. The summed E-state index contributed by atoms with van der Waals surface area (Å²) in [5, 5.41) is 5.61. The van der Waals surface area contributed by atoms with E-state index >= 15 is 0 Å². The zero-order valence-corrected chi connectivity index (χ0v) is 17.4. The van der Waals surface area contributed by atoms with Crippen LogP contribution in [0.15, 0.2) is 48.5 Å². The molecule has 2 N–H and O–H groups in total. The number of unbranched alkanes of at least 4 members (excludes halogenated alkanes) is 1. The molecular formula is C20H23N2O2Y-. The van der Waals surface area contributed by atoms with Crippen LogP contribution in [0.4, 0.5) is 16.2 Å². The van der Waals surface area contributed by atoms with Gasteiger partial charge in [0.25, 0.3) is 0 Å². The summed E-state index contributed by atoms with van der Waals surface area (Å²) in [6.07, 6.45) is 2.61. The summed E-state index contributed by atoms with van der Waals surface area (Å²) in [6.45, 7) is 5.68. The number of carbonyl (C=O) groups excluding carboxylic acids is 2. The fourth-order valence-electron chi connectivity index (χ4n) is 2.34. The Hall–Kier alpha value is -1.52. The Kier molecular flexibility index (Phi) is 9.62. The van der Waals surface area contributed by atoms with E-state index in [9.17, 15) is 9.59 Å². The second-order valence-corrected chi connectivity index (χ2v) is 5.76. The van der Waals surface area contributed by atoms with Crippen LogP contribution in [-0.4, -0.2) is 11.8 Å². The van der Waals surface area contributed by atoms with E-state index in [-0.39, 0.29) is 44.5 Å². The summed E-state index contributed by atoms with van der Waals surface area (Å²) in [7, 11) is 0. The molecule has 129 valence electrons. The Bertz CT molecular complexity index is 699. The van der Waals surface area contributed by atoms with E-state index in [0.717, 1.165) is 29.7 Å². The number of ketones is 1. The topological polar surface area (TPSA) is 58.2 Å². The summed E-state index contributed by atoms with van der Waals surface area (Å²) in [5.41, 5.74) is 3.43. The number of rotatable bonds is 7. The molecule has 5 heteroatoms. The molecule has 0 bridgehead atoms. The summed E-state index contributed by atoms with van der Waals surface area (Å²) in [4.78, 5) is 23.8. The second kappa shape index (κ2) is 11.2. The van der Waals surface area contributed by atoms with Crippen molar-refractivity contribution in [3.05, 3.63) is 66.6 Å². The number of aryl methyl sites for hydroxylation is 1. The molecule has 2 aromatic rings. The molecule has 25 heavy (non-hydrogen) atoms. The first-order valence-corrected chi connectivity index (χ1v) is 8.12. The van der Waals surface area contributed by atoms with Gasteiger partial charge in [0.05, 0.1) is 0 Å². The van der Waals surface area contributed by atoms with Gasteiger partial charge in [0.15, 0.2) is 0 Å². The normalized spacial score (nSPS) is 9.84. The van der Waals surface area contributed by atoms with Gasteiger partial charge in [0, 0.05) is 56.9 Å². The third-order valence-corrected chi connectivity index (χ3v) is 3.71. The molecule has 2 amide bonds. The molecule has 0 fully saturated rings. The Labute approximate surface area is 174 Å². The molecule has 2 rings (SSSR count). The molecule has 0 saturated heterocycles. The number of urea groups is 1. The van der Waals surface area contributed by atoms with E-state index in [4.69, 9.17) is 0 Å². The van der Waals surface area contributed by atoms with Crippen LogP contribution in [-0.2, 0) is 43.9 Å². The second-order valence-electron chi connectivity index (χ2n) is 5.76. The number of hydrogen-bond donors (Lipinski definition) is 2. The average molecular weight is 412 g/mol. The van der Waals surface area contributed by atoms with Crippen LogP contribution >= 0.6 is 0 Å². The predicted octanol–water partition coefficient (Wildman–Crippen LogP) is 4.75. The summed E-state index contributed by atoms with van der Waals surface area (Å²) in [5.74, 6) is 0.219. The average Bonchev–Trinajstić information content (AvgIpc) is 2.57. The maximum atomic E-state index is 12.0. The minimum Gasteiger partial charge on any atom is -0.343 e. The number of para-hydroxylation sites is 1. The van der Waals surface area contributed by atoms with Crippen LogP contribution < -0.4 is 10.6 Å². The minimum atomic E-state index is -0.288. The van der Waals surface area contributed by atoms with E-state index in [1.165, 1.54) is 0 Å². The Morgan fingerprint density at radius 2 is 1.68 bits per heavy atom. The van der Waals surface area contributed by atoms with Gasteiger partial charge >= 0.3 is 6.03 Å². The van der Waals surface area contributed by atoms with Gasteiger partial charge in [-0.3, -0.25) is 4.79 Å². The van der Waals surface area contributed by atoms with Crippen LogP contribution in [0.3, 0.4) is 0 Å². The van der Waals surface area contributed by atoms with Gasteiger partial charge in [-0.15, -0.1) is 0 Å². The quantitative estimate of drug-likeness (QED) is 0.645. The standard InChI is InChI=1S/C20H23N2O2.Y/c1-3-4-8-18(23)14-16-10-12-17(13-11-16)21-20(24)22-19-9-6-5-7-15(19)2;/h5-7,9-13H,1,3-4,8,14H2,2H3,(H2,21,22,24);/q-1;. The van der Waals surface area contributed by atoms with Crippen LogP contribution in [0.1, 0.15) is 30.4 Å². The maximum absolute atomic E-state index is 12.0. The molecule has 0 atom stereocenters. The van der Waals surface area contributed by atoms with Crippen molar-refractivity contribution in [2.45, 2.75) is 32.6 Å². The number of Topliss-reactive ketones (excluding diaryl/α,β-unsaturated/α-hetero) is 1. The zero-order chi connectivity index (χ0) is 17.4. The number of benzene rings is 2. The van der Waals surface area contributed by atoms with Gasteiger partial charge in [0.2, 0.25) is 0 Å². The van der Waals surface area contributed by atoms with Crippen LogP contribution in [0.5, 0.6) is 0 Å². The predicted molar refractivity (Wildman–Crippen MR) is 98.2 cm³/mol. The van der Waals surface area contributed by atoms with Crippen molar-refractivity contribution in [2.75, 3.05) is 10.6 Å². The van der Waals surface area contributed by atoms with Gasteiger partial charge < -0.3 is 17.6 Å². The number of amides is 2. The summed E-state index contributed by atoms with van der Waals surface area (Å²) < 4.78 is 0. The van der Waals surface area contributed by atoms with E-state index in [1.54, 1.807) is 12.1 Å². The Morgan fingerprint density at radius 1 is 1.00 bits per heavy atom. The molecule has 4 nitrogen and oxygen atoms in total. The van der Waals surface area contributed by atoms with E-state index < -0.39 is 0 Å². The molecule has 0 aromatic heterocycles. The smallest absolute Gasteiger partial charge is 0.323 e. The summed E-state index contributed by atoms with van der Waals surface area (Å²) in [6, 6.07) is 14.7. The van der Waals surface area contributed by atoms with E-state index in [1.807, 2.05) is 43.3 Å². The van der Waals surface area contributed by atoms with Gasteiger partial charge in [-0.1, -0.05) is 36.8 Å². The maximum Gasteiger partial charge on any atom is 0.323 e. The van der Waals surface area contributed by atoms with Crippen molar-refractivity contribution in [3.8, 4) is 0 Å². The van der Waals surface area contributed by atoms with Crippen LogP contribution in [0, 0.1) is 13.8 Å². The van der Waals surface area contributed by atoms with E-state index in [0.29, 0.717) is 18.5 Å². The Balaban J connectivity index is 0.00000312. The molecule has 0 heterocycles. The van der Waals surface area contributed by atoms with Crippen molar-refractivity contribution in [1.82, 2.24) is 0 Å². The third-order valence-electron chi connectivity index (χ3n) is 3.71. The molecular weight excluding hydrogens is 389 g/mol. The first-order valence-electron chi connectivity index (χ1n) is 8.12. The zero-order valence-electron chi connectivity index (χ0n) is 14.5. The molecule has 0 aliphatic heterocycles. The molecule has 0 aliphatic carbocycles. The SMILES string of the molecule is [CH2-]CCCC(=O)Cc1ccc(NC(=O)Nc2ccccc2C)cc1.[Y]. The molecule has 1 radical (unpaired) electrons. The molecule has 0 spiro atoms. The fraction of sp³-hybridized carbons (Fsp3) is 0.250. The molecule has 2 aromatic carbocycles. The van der Waals surface area contributed by atoms with Crippen molar-refractivity contribution in [2.24, 2.45) is 0 Å². The van der Waals surface area contributed by atoms with Crippen LogP contribution in [0.2, 0.25) is 0 Å². The van der Waals surface area contributed by atoms with Gasteiger partial charge in [-0.25, -0.2) is 4.79 Å². The monoisotopic (exact) mass is 412 g/mol. The van der Waals surface area contributed by atoms with Crippen molar-refractivity contribution >= 4 is 23.2 Å².